The summed E-state index contributed by atoms with van der Waals surface area (Å²) in [5.74, 6) is -13.5. The molecular weight excluding hydrogens is 839 g/mol. The van der Waals surface area contributed by atoms with E-state index in [0.29, 0.717) is 5.69 Å². The first kappa shape index (κ1) is 51.8. The second-order valence-corrected chi connectivity index (χ2v) is 14.3. The number of nitrogens with two attached hydrogens (primary N) is 1. The zero-order valence-electron chi connectivity index (χ0n) is 33.4. The van der Waals surface area contributed by atoms with E-state index in [1.54, 1.807) is 0 Å². The number of ether oxygens (including phenoxy) is 1. The van der Waals surface area contributed by atoms with Crippen LogP contribution in [-0.2, 0) is 65.6 Å². The molecule has 0 spiro atoms. The molecule has 27 nitrogen and oxygen atoms in total. The van der Waals surface area contributed by atoms with Crippen LogP contribution in [0.3, 0.4) is 0 Å². The van der Waals surface area contributed by atoms with Gasteiger partial charge in [0.25, 0.3) is 5.91 Å². The van der Waals surface area contributed by atoms with Crippen molar-refractivity contribution in [3.8, 4) is 0 Å². The van der Waals surface area contributed by atoms with Crippen LogP contribution in [0.1, 0.15) is 51.6 Å². The molecule has 1 saturated heterocycles. The molecule has 7 amide bonds. The van der Waals surface area contributed by atoms with E-state index in [1.807, 2.05) is 10.6 Å². The van der Waals surface area contributed by atoms with Gasteiger partial charge in [-0.05, 0) is 25.2 Å². The van der Waals surface area contributed by atoms with Crippen molar-refractivity contribution in [2.45, 2.75) is 114 Å². The number of carbonyl (C=O) groups is 10. The second kappa shape index (κ2) is 24.8. The van der Waals surface area contributed by atoms with E-state index in [1.165, 1.54) is 20.0 Å². The van der Waals surface area contributed by atoms with Crippen LogP contribution in [0.5, 0.6) is 0 Å². The van der Waals surface area contributed by atoms with Crippen molar-refractivity contribution in [1.29, 1.82) is 0 Å². The van der Waals surface area contributed by atoms with Crippen LogP contribution in [0.15, 0.2) is 6.20 Å². The van der Waals surface area contributed by atoms with Gasteiger partial charge in [0, 0.05) is 19.2 Å². The van der Waals surface area contributed by atoms with Crippen molar-refractivity contribution in [3.05, 3.63) is 11.9 Å². The monoisotopic (exact) mass is 890 g/mol. The molecule has 28 heteroatoms. The third kappa shape index (κ3) is 16.9. The van der Waals surface area contributed by atoms with Crippen LogP contribution in [0, 0.1) is 5.92 Å². The summed E-state index contributed by atoms with van der Waals surface area (Å²) in [7, 11) is 0. The minimum atomic E-state index is -2.18. The molecule has 1 fully saturated rings. The van der Waals surface area contributed by atoms with Gasteiger partial charge in [-0.1, -0.05) is 19.1 Å². The minimum Gasteiger partial charge on any atom is -0.481 e. The van der Waals surface area contributed by atoms with Crippen LogP contribution in [0.25, 0.3) is 0 Å². The Morgan fingerprint density at radius 2 is 1.39 bits per heavy atom. The SMILES string of the molecule is CC(C)[C@H](NC(=O)[C@H](CCC(=O)O)NC(=O)[C@H](CC(=O)O)NC(=O)C1OC(CNC(=O)Cn2cc(CCCF)nn2)C(O)C(O)C1O)C(=O)N[C@@H](CC(=O)O)C(=O)NCC(N)=O. The average molecular weight is 891 g/mol. The van der Waals surface area contributed by atoms with Crippen molar-refractivity contribution < 1.29 is 87.7 Å². The Morgan fingerprint density at radius 1 is 0.790 bits per heavy atom. The van der Waals surface area contributed by atoms with E-state index in [-0.39, 0.29) is 12.8 Å². The quantitative estimate of drug-likeness (QED) is 0.0411. The number of aliphatic hydroxyl groups excluding tert-OH is 3. The Bertz CT molecular complexity index is 1800. The standard InChI is InChI=1S/C34H51FN10O17/c1-14(2)25(33(60)40-17(8-23(50)51)30(57)38-11-20(36)46)42-31(58)16(5-6-22(48)49)39-32(59)18(9-24(52)53)41-34(61)29-28(56)27(55)26(54)19(62-29)10-37-21(47)13-45-12-15(43-44-45)4-3-7-35/h12,14,16-19,25-29,54-56H,3-11,13H2,1-2H3,(H2,36,46)(H,37,47)(H,38,57)(H,39,59)(H,40,60)(H,41,61)(H,42,58)(H,48,49)(H,50,51)(H,52,53)/t16-,17-,18-,19?,25-,26?,27?,28?,29?/m0/s1. The van der Waals surface area contributed by atoms with Crippen LogP contribution in [0.2, 0.25) is 0 Å². The molecule has 0 bridgehead atoms. The highest BCUT2D eigenvalue weighted by Crippen LogP contribution is 2.22. The third-order valence-electron chi connectivity index (χ3n) is 8.92. The van der Waals surface area contributed by atoms with Gasteiger partial charge in [-0.25, -0.2) is 4.68 Å². The summed E-state index contributed by atoms with van der Waals surface area (Å²) in [4.78, 5) is 124. The summed E-state index contributed by atoms with van der Waals surface area (Å²) in [6.45, 7) is 0.577. The van der Waals surface area contributed by atoms with Crippen molar-refractivity contribution in [2.75, 3.05) is 19.8 Å². The topological polar surface area (TPSA) is 430 Å². The molecule has 1 aliphatic rings. The number of carboxylic acid groups (broad SMARTS) is 3. The summed E-state index contributed by atoms with van der Waals surface area (Å²) in [6.07, 6.45) is -11.6. The van der Waals surface area contributed by atoms with Gasteiger partial charge in [0.1, 0.15) is 55.1 Å². The Balaban J connectivity index is 2.23. The summed E-state index contributed by atoms with van der Waals surface area (Å²) in [6, 6.07) is -7.30. The lowest BCUT2D eigenvalue weighted by molar-refractivity contribution is -0.219. The number of hydrogen-bond donors (Lipinski definition) is 13. The highest BCUT2D eigenvalue weighted by atomic mass is 19.1. The van der Waals surface area contributed by atoms with Gasteiger partial charge in [0.05, 0.1) is 31.8 Å². The fraction of sp³-hybridized carbons (Fsp3) is 0.647. The van der Waals surface area contributed by atoms with Gasteiger partial charge in [-0.15, -0.1) is 5.10 Å². The first-order chi connectivity index (χ1) is 29.0. The predicted octanol–water partition coefficient (Wildman–Crippen LogP) is -6.84. The van der Waals surface area contributed by atoms with E-state index < -0.39 is 172 Å². The summed E-state index contributed by atoms with van der Waals surface area (Å²) in [5.41, 5.74) is 5.40. The summed E-state index contributed by atoms with van der Waals surface area (Å²) < 4.78 is 19.0. The predicted molar refractivity (Wildman–Crippen MR) is 200 cm³/mol. The number of aliphatic carboxylic acids is 3. The van der Waals surface area contributed by atoms with Crippen molar-refractivity contribution in [1.82, 2.24) is 46.9 Å². The Labute approximate surface area is 350 Å². The Kier molecular flexibility index (Phi) is 20.7. The molecule has 2 rings (SSSR count). The van der Waals surface area contributed by atoms with E-state index in [9.17, 15) is 83.0 Å². The molecule has 1 aromatic rings. The van der Waals surface area contributed by atoms with Gasteiger partial charge in [0.2, 0.25) is 35.4 Å². The number of nitrogens with zero attached hydrogens (tertiary/aromatic N) is 3. The molecule has 1 aliphatic heterocycles. The highest BCUT2D eigenvalue weighted by molar-refractivity contribution is 5.98. The molecule has 0 aliphatic carbocycles. The fourth-order valence-electron chi connectivity index (χ4n) is 5.71. The maximum atomic E-state index is 13.5. The molecule has 14 N–H and O–H groups in total. The zero-order chi connectivity index (χ0) is 46.8. The van der Waals surface area contributed by atoms with Gasteiger partial charge >= 0.3 is 17.9 Å². The maximum Gasteiger partial charge on any atom is 0.305 e. The first-order valence-corrected chi connectivity index (χ1v) is 18.9. The number of aliphatic hydroxyl groups is 3. The number of alkyl halides is 1. The van der Waals surface area contributed by atoms with Gasteiger partial charge in [-0.3, -0.25) is 52.3 Å². The molecule has 0 saturated carbocycles. The number of aryl methyl sites for hydroxylation is 1. The summed E-state index contributed by atoms with van der Waals surface area (Å²) in [5, 5.41) is 80.2. The molecule has 62 heavy (non-hydrogen) atoms. The average Bonchev–Trinajstić information content (AvgIpc) is 3.63. The first-order valence-electron chi connectivity index (χ1n) is 18.9. The smallest absolute Gasteiger partial charge is 0.305 e. The van der Waals surface area contributed by atoms with Gasteiger partial charge in [0.15, 0.2) is 6.10 Å². The zero-order valence-corrected chi connectivity index (χ0v) is 33.4. The lowest BCUT2D eigenvalue weighted by atomic mass is 9.94. The molecule has 2 heterocycles. The van der Waals surface area contributed by atoms with E-state index in [2.05, 4.69) is 31.6 Å². The van der Waals surface area contributed by atoms with Crippen LogP contribution < -0.4 is 37.6 Å². The third-order valence-corrected chi connectivity index (χ3v) is 8.92. The lowest BCUT2D eigenvalue weighted by Crippen LogP contribution is -2.65. The minimum absolute atomic E-state index is 0.186. The molecule has 9 atom stereocenters. The van der Waals surface area contributed by atoms with Crippen molar-refractivity contribution >= 4 is 59.3 Å². The number of carbonyl (C=O) groups excluding carboxylic acids is 7. The lowest BCUT2D eigenvalue weighted by Gasteiger charge is -2.40. The molecular formula is C34H51FN10O17. The number of hydrogen-bond acceptors (Lipinski definition) is 16. The molecule has 0 aromatic carbocycles. The molecule has 346 valence electrons. The molecule has 5 unspecified atom stereocenters. The number of nitrogens with one attached hydrogen (secondary N) is 6. The number of amides is 7. The number of halogens is 1. The number of primary amides is 1. The van der Waals surface area contributed by atoms with Gasteiger partial charge in [-0.2, -0.15) is 0 Å². The van der Waals surface area contributed by atoms with E-state index in [0.717, 1.165) is 4.68 Å². The largest absolute Gasteiger partial charge is 0.481 e. The highest BCUT2D eigenvalue weighted by Gasteiger charge is 2.47. The maximum absolute atomic E-state index is 13.5. The van der Waals surface area contributed by atoms with Crippen molar-refractivity contribution in [3.63, 3.8) is 0 Å². The van der Waals surface area contributed by atoms with Crippen LogP contribution in [-0.4, -0.2) is 179 Å². The van der Waals surface area contributed by atoms with Gasteiger partial charge < -0.3 is 73.0 Å². The second-order valence-electron chi connectivity index (χ2n) is 14.3. The van der Waals surface area contributed by atoms with Crippen LogP contribution in [0.4, 0.5) is 4.39 Å². The summed E-state index contributed by atoms with van der Waals surface area (Å²) >= 11 is 0. The number of aromatic nitrogens is 3. The van der Waals surface area contributed by atoms with E-state index >= 15 is 0 Å². The number of rotatable bonds is 26. The van der Waals surface area contributed by atoms with Crippen molar-refractivity contribution in [2.24, 2.45) is 11.7 Å². The van der Waals surface area contributed by atoms with E-state index in [4.69, 9.17) is 10.5 Å². The number of carboxylic acids is 3. The Hall–Kier alpha value is -6.39. The van der Waals surface area contributed by atoms with Crippen LogP contribution >= 0.6 is 0 Å². The normalized spacial score (nSPS) is 20.3. The Morgan fingerprint density at radius 3 is 1.95 bits per heavy atom. The molecule has 1 aromatic heterocycles. The fourth-order valence-corrected chi connectivity index (χ4v) is 5.71. The molecule has 0 radical (unpaired) electrons.